The fourth-order valence-electron chi connectivity index (χ4n) is 5.48. The molecule has 1 saturated heterocycles. The van der Waals surface area contributed by atoms with Gasteiger partial charge < -0.3 is 78.5 Å². The van der Waals surface area contributed by atoms with Crippen molar-refractivity contribution in [1.82, 2.24) is 14.7 Å². The van der Waals surface area contributed by atoms with E-state index in [2.05, 4.69) is 9.80 Å². The molecule has 0 saturated carbocycles. The number of ether oxygens (including phenoxy) is 8. The van der Waals surface area contributed by atoms with E-state index in [1.54, 1.807) is 30.2 Å². The minimum atomic E-state index is -0.396. The topological polar surface area (TPSA) is 242 Å². The summed E-state index contributed by atoms with van der Waals surface area (Å²) in [6.45, 7) is 17.2. The molecular weight excluding hydrogens is 814 g/mol. The number of aliphatic hydroxyl groups is 7. The molecule has 1 fully saturated rings. The van der Waals surface area contributed by atoms with Crippen molar-refractivity contribution in [2.24, 2.45) is 0 Å². The molecule has 62 heavy (non-hydrogen) atoms. The van der Waals surface area contributed by atoms with E-state index in [1.165, 1.54) is 0 Å². The molecule has 0 radical (unpaired) electrons. The summed E-state index contributed by atoms with van der Waals surface area (Å²) in [5, 5.41) is 62.8. The Morgan fingerprint density at radius 2 is 1.08 bits per heavy atom. The lowest BCUT2D eigenvalue weighted by Gasteiger charge is -2.32. The standard InChI is InChI=1S/C20H35NO7.C12H27NO6.C11H21NO3/c1-25-10-7-21(6-3-9-22)8-11-26-12-13-27-14-15-28-20-18(16-23)4-2-5-19(20)17-24;14-4-10-17-7-1-13(2-8-18-11-5-15)3-9-19-12-6-16;1-4-11(2,3)15-10(14)12-7-5-9(13)6-8-12/h2,4-5,22-24H,3,6-17H2,1H3;14-16H,1-12H2;9,13H,4-8H2,1-3H3. The maximum atomic E-state index is 11.7. The van der Waals surface area contributed by atoms with Gasteiger partial charge in [0.05, 0.1) is 112 Å². The Kier molecular flexibility index (Phi) is 39.9. The van der Waals surface area contributed by atoms with Crippen molar-refractivity contribution in [3.63, 3.8) is 0 Å². The fraction of sp³-hybridized carbons (Fsp3) is 0.837. The summed E-state index contributed by atoms with van der Waals surface area (Å²) >= 11 is 0. The van der Waals surface area contributed by atoms with Crippen LogP contribution in [0.4, 0.5) is 4.79 Å². The van der Waals surface area contributed by atoms with Gasteiger partial charge in [-0.15, -0.1) is 0 Å². The van der Waals surface area contributed by atoms with E-state index in [1.807, 2.05) is 20.8 Å². The molecule has 0 aliphatic carbocycles. The molecule has 0 aromatic heterocycles. The number of nitrogens with zero attached hydrogens (tertiary/aromatic N) is 3. The highest BCUT2D eigenvalue weighted by Crippen LogP contribution is 2.24. The average molecular weight is 898 g/mol. The van der Waals surface area contributed by atoms with Crippen LogP contribution < -0.4 is 4.74 Å². The number of carbonyl (C=O) groups is 1. The highest BCUT2D eigenvalue weighted by molar-refractivity contribution is 5.68. The molecule has 1 aliphatic heterocycles. The van der Waals surface area contributed by atoms with Gasteiger partial charge in [-0.05, 0) is 39.5 Å². The number of aliphatic hydroxyl groups excluding tert-OH is 7. The van der Waals surface area contributed by atoms with E-state index < -0.39 is 5.60 Å². The second-order valence-corrected chi connectivity index (χ2v) is 14.8. The second-order valence-electron chi connectivity index (χ2n) is 14.8. The third-order valence-corrected chi connectivity index (χ3v) is 9.46. The summed E-state index contributed by atoms with van der Waals surface area (Å²) < 4.78 is 42.8. The van der Waals surface area contributed by atoms with Crippen molar-refractivity contribution in [3.8, 4) is 5.75 Å². The van der Waals surface area contributed by atoms with E-state index in [4.69, 9.17) is 58.3 Å². The molecule has 1 aromatic carbocycles. The summed E-state index contributed by atoms with van der Waals surface area (Å²) in [7, 11) is 1.68. The number of amides is 1. The number of likely N-dealkylation sites (tertiary alicyclic amines) is 1. The van der Waals surface area contributed by atoms with Crippen molar-refractivity contribution < 1.29 is 78.4 Å². The first-order valence-electron chi connectivity index (χ1n) is 21.9. The second kappa shape index (κ2) is 41.4. The number of piperidine rings is 1. The van der Waals surface area contributed by atoms with Crippen LogP contribution in [0.5, 0.6) is 5.75 Å². The highest BCUT2D eigenvalue weighted by atomic mass is 16.6. The lowest BCUT2D eigenvalue weighted by Crippen LogP contribution is -2.43. The Hall–Kier alpha value is -2.31. The molecule has 1 aromatic rings. The molecule has 19 nitrogen and oxygen atoms in total. The van der Waals surface area contributed by atoms with Crippen molar-refractivity contribution in [2.75, 3.05) is 165 Å². The molecule has 0 atom stereocenters. The zero-order valence-electron chi connectivity index (χ0n) is 38.2. The largest absolute Gasteiger partial charge is 0.490 e. The zero-order valence-corrected chi connectivity index (χ0v) is 38.2. The maximum Gasteiger partial charge on any atom is 0.410 e. The van der Waals surface area contributed by atoms with Crippen LogP contribution in [0.3, 0.4) is 0 Å². The molecule has 1 amide bonds. The number of para-hydroxylation sites is 1. The third kappa shape index (κ3) is 32.4. The van der Waals surface area contributed by atoms with Crippen molar-refractivity contribution >= 4 is 6.09 Å². The zero-order chi connectivity index (χ0) is 46.1. The van der Waals surface area contributed by atoms with Crippen LogP contribution in [0.1, 0.15) is 57.6 Å². The Bertz CT molecular complexity index is 1090. The van der Waals surface area contributed by atoms with Gasteiger partial charge in [0.2, 0.25) is 0 Å². The molecule has 2 rings (SSSR count). The van der Waals surface area contributed by atoms with Crippen LogP contribution >= 0.6 is 0 Å². The van der Waals surface area contributed by atoms with Crippen molar-refractivity contribution in [2.45, 2.75) is 71.4 Å². The Morgan fingerprint density at radius 1 is 0.645 bits per heavy atom. The first kappa shape index (κ1) is 59.7. The average Bonchev–Trinajstić information content (AvgIpc) is 3.28. The summed E-state index contributed by atoms with van der Waals surface area (Å²) in [6, 6.07) is 5.30. The van der Waals surface area contributed by atoms with Gasteiger partial charge in [-0.3, -0.25) is 9.80 Å². The number of methoxy groups -OCH3 is 1. The van der Waals surface area contributed by atoms with Crippen molar-refractivity contribution in [1.29, 1.82) is 0 Å². The Balaban J connectivity index is 0.000000952. The molecule has 1 heterocycles. The molecule has 7 N–H and O–H groups in total. The number of carbonyl (C=O) groups excluding carboxylic acids is 1. The van der Waals surface area contributed by atoms with E-state index in [0.717, 1.165) is 52.1 Å². The van der Waals surface area contributed by atoms with Crippen LogP contribution in [-0.2, 0) is 46.4 Å². The van der Waals surface area contributed by atoms with Gasteiger partial charge in [0.15, 0.2) is 0 Å². The predicted molar refractivity (Wildman–Crippen MR) is 233 cm³/mol. The lowest BCUT2D eigenvalue weighted by atomic mass is 10.1. The summed E-state index contributed by atoms with van der Waals surface area (Å²) in [4.78, 5) is 17.7. The summed E-state index contributed by atoms with van der Waals surface area (Å²) in [6.07, 6.45) is 2.34. The van der Waals surface area contributed by atoms with Crippen LogP contribution in [-0.4, -0.2) is 233 Å². The van der Waals surface area contributed by atoms with Gasteiger partial charge in [0.1, 0.15) is 18.0 Å². The SMILES string of the molecule is CCC(C)(C)OC(=O)N1CCC(O)CC1.COCCN(CCCO)CCOCCOCCOc1c(CO)cccc1CO.OCCOCCN(CCOCCO)CCOCCO. The first-order chi connectivity index (χ1) is 30.1. The first-order valence-corrected chi connectivity index (χ1v) is 21.9. The smallest absolute Gasteiger partial charge is 0.410 e. The molecule has 366 valence electrons. The highest BCUT2D eigenvalue weighted by Gasteiger charge is 2.27. The van der Waals surface area contributed by atoms with Gasteiger partial charge in [0.25, 0.3) is 0 Å². The molecule has 19 heteroatoms. The van der Waals surface area contributed by atoms with Crippen molar-refractivity contribution in [3.05, 3.63) is 29.3 Å². The number of rotatable bonds is 35. The lowest BCUT2D eigenvalue weighted by molar-refractivity contribution is -0.000764. The van der Waals surface area contributed by atoms with Gasteiger partial charge >= 0.3 is 6.09 Å². The minimum Gasteiger partial charge on any atom is -0.490 e. The van der Waals surface area contributed by atoms with Crippen LogP contribution in [0.25, 0.3) is 0 Å². The molecule has 0 unspecified atom stereocenters. The molecule has 0 bridgehead atoms. The fourth-order valence-corrected chi connectivity index (χ4v) is 5.48. The Morgan fingerprint density at radius 3 is 1.52 bits per heavy atom. The maximum absolute atomic E-state index is 11.7. The predicted octanol–water partition coefficient (Wildman–Crippen LogP) is 0.497. The van der Waals surface area contributed by atoms with E-state index in [0.29, 0.717) is 122 Å². The molecular formula is C43H83N3O16. The number of hydrogen-bond acceptors (Lipinski definition) is 18. The summed E-state index contributed by atoms with van der Waals surface area (Å²) in [5.41, 5.74) is 0.899. The van der Waals surface area contributed by atoms with E-state index in [9.17, 15) is 20.1 Å². The molecule has 1 aliphatic rings. The van der Waals surface area contributed by atoms with Gasteiger partial charge in [-0.25, -0.2) is 4.79 Å². The quantitative estimate of drug-likeness (QED) is 0.0459. The van der Waals surface area contributed by atoms with Gasteiger partial charge in [-0.1, -0.05) is 25.1 Å². The minimum absolute atomic E-state index is 0.0270. The normalized spacial score (nSPS) is 13.2. The van der Waals surface area contributed by atoms with E-state index >= 15 is 0 Å². The monoisotopic (exact) mass is 898 g/mol. The number of hydrogen-bond donors (Lipinski definition) is 7. The third-order valence-electron chi connectivity index (χ3n) is 9.46. The van der Waals surface area contributed by atoms with Crippen LogP contribution in [0, 0.1) is 0 Å². The Labute approximate surface area is 370 Å². The van der Waals surface area contributed by atoms with Gasteiger partial charge in [0, 0.05) is 77.2 Å². The van der Waals surface area contributed by atoms with Gasteiger partial charge in [-0.2, -0.15) is 0 Å². The number of benzene rings is 1. The van der Waals surface area contributed by atoms with Crippen LogP contribution in [0.2, 0.25) is 0 Å². The van der Waals surface area contributed by atoms with E-state index in [-0.39, 0.29) is 51.8 Å². The summed E-state index contributed by atoms with van der Waals surface area (Å²) in [5.74, 6) is 0.520. The molecule has 0 spiro atoms. The van der Waals surface area contributed by atoms with Crippen LogP contribution in [0.15, 0.2) is 18.2 Å².